The van der Waals surface area contributed by atoms with Crippen molar-refractivity contribution in [1.82, 2.24) is 10.6 Å². The Hall–Kier alpha value is -3.39. The number of carbonyl (C=O) groups is 6. The van der Waals surface area contributed by atoms with Crippen molar-refractivity contribution in [2.24, 2.45) is 0 Å². The molecular formula is C98H185N2O22P. The molecule has 0 aromatic carbocycles. The Kier molecular flexibility index (Phi) is 73.8. The zero-order valence-corrected chi connectivity index (χ0v) is 79.6. The molecule has 2 fully saturated rings. The molecule has 0 bridgehead atoms. The van der Waals surface area contributed by atoms with E-state index in [1.807, 2.05) is 0 Å². The molecule has 2 saturated heterocycles. The highest BCUT2D eigenvalue weighted by Gasteiger charge is 2.54. The molecule has 9 N–H and O–H groups in total. The van der Waals surface area contributed by atoms with Gasteiger partial charge < -0.3 is 79.1 Å². The third-order valence-electron chi connectivity index (χ3n) is 24.6. The third-order valence-corrected chi connectivity index (χ3v) is 25.1. The van der Waals surface area contributed by atoms with Crippen LogP contribution in [0.1, 0.15) is 491 Å². The Bertz CT molecular complexity index is 2590. The van der Waals surface area contributed by atoms with Gasteiger partial charge in [-0.05, 0) is 51.4 Å². The summed E-state index contributed by atoms with van der Waals surface area (Å²) in [4.78, 5) is 107. The van der Waals surface area contributed by atoms with Gasteiger partial charge in [0.1, 0.15) is 48.7 Å². The number of rotatable bonds is 86. The van der Waals surface area contributed by atoms with Crippen molar-refractivity contribution >= 4 is 43.5 Å². The molecule has 2 amide bonds. The molecule has 24 nitrogen and oxygen atoms in total. The van der Waals surface area contributed by atoms with E-state index in [0.717, 1.165) is 199 Å². The number of amides is 2. The van der Waals surface area contributed by atoms with Crippen LogP contribution in [0.25, 0.3) is 0 Å². The van der Waals surface area contributed by atoms with Crippen molar-refractivity contribution < 1.29 is 106 Å². The third kappa shape index (κ3) is 62.5. The van der Waals surface area contributed by atoms with Crippen molar-refractivity contribution in [3.05, 3.63) is 0 Å². The van der Waals surface area contributed by atoms with Crippen LogP contribution in [0.5, 0.6) is 0 Å². The van der Waals surface area contributed by atoms with Gasteiger partial charge in [0.15, 0.2) is 24.8 Å². The molecule has 0 aromatic rings. The van der Waals surface area contributed by atoms with Crippen molar-refractivity contribution in [2.75, 3.05) is 13.2 Å². The highest BCUT2D eigenvalue weighted by Crippen LogP contribution is 2.43. The molecule has 2 rings (SSSR count). The van der Waals surface area contributed by atoms with Crippen molar-refractivity contribution in [3.8, 4) is 0 Å². The minimum atomic E-state index is -5.62. The standard InChI is InChI=1S/C98H185N2O22P/c1-7-13-19-25-31-37-40-46-50-55-61-67-79(102)73-85(104)99-91-95(120-89(108)74-80(103)68-62-56-49-43-34-28-22-16-10-4)93(110)84(118-97(91)111)78-115-98-92(100-86(105)75-81(69-63-57-51-44-35-29-23-17-11-5)116-87(106)71-65-59-53-47-41-38-32-26-20-14-8-2)96(94(83(77-101)119-98)122-123(112,113)114)121-90(109)76-82(70-64-58-52-45-36-30-24-18-12-6)117-88(107)72-66-60-54-48-42-39-33-27-21-15-9-3/h79-84,91-98,101-103,110-111H,7-78H2,1-6H3,(H,99,104)(H,100,105)(H2,112,113,114)/t79?,80?,81?,82?,83-,84-,91-,92-,93-,94-,95-,96-,97+,98-/m1/s1. The molecule has 123 heavy (non-hydrogen) atoms. The van der Waals surface area contributed by atoms with Crippen LogP contribution in [0.3, 0.4) is 0 Å². The molecular weight excluding hydrogens is 1590 g/mol. The summed E-state index contributed by atoms with van der Waals surface area (Å²) >= 11 is 0. The van der Waals surface area contributed by atoms with Gasteiger partial charge in [-0.25, -0.2) is 4.57 Å². The number of hydrogen-bond donors (Lipinski definition) is 9. The smallest absolute Gasteiger partial charge is 0.462 e. The Morgan fingerprint density at radius 1 is 0.341 bits per heavy atom. The summed E-state index contributed by atoms with van der Waals surface area (Å²) in [5.41, 5.74) is 0. The summed E-state index contributed by atoms with van der Waals surface area (Å²) in [6.07, 6.45) is 43.4. The summed E-state index contributed by atoms with van der Waals surface area (Å²) in [5, 5.41) is 63.4. The van der Waals surface area contributed by atoms with Crippen LogP contribution < -0.4 is 10.6 Å². The first-order valence-electron chi connectivity index (χ1n) is 51.0. The van der Waals surface area contributed by atoms with E-state index < -0.39 is 168 Å². The van der Waals surface area contributed by atoms with Crippen molar-refractivity contribution in [2.45, 2.75) is 577 Å². The van der Waals surface area contributed by atoms with Gasteiger partial charge in [0.2, 0.25) is 11.8 Å². The second-order valence-electron chi connectivity index (χ2n) is 36.4. The molecule has 0 radical (unpaired) electrons. The fraction of sp³-hybridized carbons (Fsp3) is 0.939. The van der Waals surface area contributed by atoms with E-state index in [4.69, 9.17) is 37.7 Å². The number of aliphatic hydroxyl groups is 5. The maximum absolute atomic E-state index is 15.1. The monoisotopic (exact) mass is 1770 g/mol. The SMILES string of the molecule is CCCCCCCCCCCCCC(=O)OC(CCCCCCCCCCC)CC(=O)N[C@H]1[C@H](OC[C@H]2O[C@H](O)[C@H](NC(=O)CC(O)CCCCCCCCCCCCC)[C@@H](OC(=O)CC(O)CCCCCCCCCCC)[C@@H]2O)O[C@H](CO)[C@@H](OP(=O)(O)O)[C@@H]1OC(=O)CC(CCCCCCCCCCC)OC(=O)CCCCCCCCCCCCC. The molecule has 2 aliphatic heterocycles. The van der Waals surface area contributed by atoms with Gasteiger partial charge in [0.05, 0.1) is 51.1 Å². The predicted molar refractivity (Wildman–Crippen MR) is 488 cm³/mol. The summed E-state index contributed by atoms with van der Waals surface area (Å²) in [5.74, 6) is -4.55. The lowest BCUT2D eigenvalue weighted by Crippen LogP contribution is -2.68. The number of esters is 4. The van der Waals surface area contributed by atoms with Crippen LogP contribution in [0, 0.1) is 0 Å². The van der Waals surface area contributed by atoms with Gasteiger partial charge >= 0.3 is 31.7 Å². The molecule has 2 heterocycles. The van der Waals surface area contributed by atoms with Crippen LogP contribution in [-0.2, 0) is 71.0 Å². The van der Waals surface area contributed by atoms with Crippen LogP contribution >= 0.6 is 7.82 Å². The average Bonchev–Trinajstić information content (AvgIpc) is 0.776. The van der Waals surface area contributed by atoms with Gasteiger partial charge in [0, 0.05) is 12.8 Å². The van der Waals surface area contributed by atoms with Crippen LogP contribution in [0.4, 0.5) is 0 Å². The van der Waals surface area contributed by atoms with Gasteiger partial charge in [-0.15, -0.1) is 0 Å². The first-order valence-corrected chi connectivity index (χ1v) is 52.5. The average molecular weight is 1770 g/mol. The quantitative estimate of drug-likeness (QED) is 0.0118. The van der Waals surface area contributed by atoms with Gasteiger partial charge in [-0.2, -0.15) is 0 Å². The number of carbonyl (C=O) groups excluding carboxylic acids is 6. The topological polar surface area (TPSA) is 359 Å². The first-order chi connectivity index (χ1) is 59.6. The fourth-order valence-electron chi connectivity index (χ4n) is 17.1. The minimum Gasteiger partial charge on any atom is -0.462 e. The predicted octanol–water partition coefficient (Wildman–Crippen LogP) is 22.0. The van der Waals surface area contributed by atoms with E-state index in [1.54, 1.807) is 0 Å². The summed E-state index contributed by atoms with van der Waals surface area (Å²) < 4.78 is 61.9. The van der Waals surface area contributed by atoms with E-state index >= 15 is 4.79 Å². The molecule has 0 spiro atoms. The Morgan fingerprint density at radius 2 is 0.642 bits per heavy atom. The van der Waals surface area contributed by atoms with Gasteiger partial charge in [0.25, 0.3) is 0 Å². The molecule has 724 valence electrons. The number of unbranched alkanes of at least 4 members (excludes halogenated alkanes) is 54. The zero-order chi connectivity index (χ0) is 90.0. The number of aliphatic hydroxyl groups excluding tert-OH is 5. The molecule has 0 aliphatic carbocycles. The van der Waals surface area contributed by atoms with E-state index in [1.165, 1.54) is 148 Å². The normalized spacial score (nSPS) is 20.2. The highest BCUT2D eigenvalue weighted by atomic mass is 31.2. The number of nitrogens with one attached hydrogen (secondary N) is 2. The molecule has 2 aliphatic rings. The maximum Gasteiger partial charge on any atom is 0.470 e. The largest absolute Gasteiger partial charge is 0.470 e. The molecule has 25 heteroatoms. The van der Waals surface area contributed by atoms with Crippen LogP contribution in [0.2, 0.25) is 0 Å². The van der Waals surface area contributed by atoms with E-state index in [9.17, 15) is 63.9 Å². The Labute approximate surface area is 746 Å². The molecule has 0 saturated carbocycles. The first kappa shape index (κ1) is 116. The second kappa shape index (κ2) is 78.5. The summed E-state index contributed by atoms with van der Waals surface area (Å²) in [6, 6.07) is -3.47. The highest BCUT2D eigenvalue weighted by molar-refractivity contribution is 7.46. The van der Waals surface area contributed by atoms with Crippen molar-refractivity contribution in [3.63, 3.8) is 0 Å². The lowest BCUT2D eigenvalue weighted by atomic mass is 9.95. The Balaban J connectivity index is 2.72. The lowest BCUT2D eigenvalue weighted by Gasteiger charge is -2.46. The number of hydrogen-bond acceptors (Lipinski definition) is 20. The number of phosphoric ester groups is 1. The molecule has 14 atom stereocenters. The van der Waals surface area contributed by atoms with E-state index in [2.05, 4.69) is 52.2 Å². The van der Waals surface area contributed by atoms with Crippen LogP contribution in [-0.4, -0.2) is 170 Å². The Morgan fingerprint density at radius 3 is 1.00 bits per heavy atom. The molecule has 4 unspecified atom stereocenters. The molecule has 0 aromatic heterocycles. The minimum absolute atomic E-state index is 0.111. The number of phosphoric acid groups is 1. The summed E-state index contributed by atoms with van der Waals surface area (Å²) in [7, 11) is -5.62. The van der Waals surface area contributed by atoms with Gasteiger partial charge in [-0.3, -0.25) is 33.3 Å². The van der Waals surface area contributed by atoms with E-state index in [0.29, 0.717) is 51.4 Å². The van der Waals surface area contributed by atoms with Gasteiger partial charge in [-0.1, -0.05) is 401 Å². The zero-order valence-electron chi connectivity index (χ0n) is 78.7. The van der Waals surface area contributed by atoms with Crippen LogP contribution in [0.15, 0.2) is 0 Å². The summed E-state index contributed by atoms with van der Waals surface area (Å²) in [6.45, 7) is 11.3. The fourth-order valence-corrected chi connectivity index (χ4v) is 17.7. The second-order valence-corrected chi connectivity index (χ2v) is 37.6. The number of ether oxygens (including phenoxy) is 7. The maximum atomic E-state index is 15.1. The van der Waals surface area contributed by atoms with E-state index in [-0.39, 0.29) is 25.7 Å². The van der Waals surface area contributed by atoms with Crippen molar-refractivity contribution in [1.29, 1.82) is 0 Å². The lowest BCUT2D eigenvalue weighted by molar-refractivity contribution is -0.298.